The first-order valence-corrected chi connectivity index (χ1v) is 10.6. The largest absolute Gasteiger partial charge is 0.273 e. The van der Waals surface area contributed by atoms with Crippen LogP contribution in [0.5, 0.6) is 0 Å². The van der Waals surface area contributed by atoms with Gasteiger partial charge in [0.2, 0.25) is 5.91 Å². The second-order valence-corrected chi connectivity index (χ2v) is 8.45. The molecule has 0 spiro atoms. The van der Waals surface area contributed by atoms with Gasteiger partial charge in [-0.25, -0.2) is 9.96 Å². The van der Waals surface area contributed by atoms with E-state index in [4.69, 9.17) is 28.0 Å². The van der Waals surface area contributed by atoms with Gasteiger partial charge in [0.25, 0.3) is 5.91 Å². The molecule has 3 aromatic rings. The quantitative estimate of drug-likeness (QED) is 0.502. The molecule has 2 heterocycles. The molecule has 0 N–H and O–H groups in total. The van der Waals surface area contributed by atoms with E-state index in [1.54, 1.807) is 42.3 Å². The summed E-state index contributed by atoms with van der Waals surface area (Å²) in [4.78, 5) is 34.3. The maximum Gasteiger partial charge on any atom is 0.266 e. The molecular weight excluding hydrogens is 435 g/mol. The summed E-state index contributed by atoms with van der Waals surface area (Å²) in [5.74, 6) is -1.40. The number of benzene rings is 3. The van der Waals surface area contributed by atoms with Gasteiger partial charge in [-0.15, -0.1) is 0 Å². The van der Waals surface area contributed by atoms with Crippen molar-refractivity contribution in [2.75, 3.05) is 9.96 Å². The van der Waals surface area contributed by atoms with Gasteiger partial charge in [-0.1, -0.05) is 59.6 Å². The summed E-state index contributed by atoms with van der Waals surface area (Å²) in [7, 11) is 0. The topological polar surface area (TPSA) is 49.9 Å². The number of rotatable bonds is 3. The number of para-hydroxylation sites is 1. The summed E-state index contributed by atoms with van der Waals surface area (Å²) < 4.78 is 0. The highest BCUT2D eigenvalue weighted by molar-refractivity contribution is 6.32. The van der Waals surface area contributed by atoms with Crippen LogP contribution in [0.3, 0.4) is 0 Å². The van der Waals surface area contributed by atoms with Crippen molar-refractivity contribution in [3.63, 3.8) is 0 Å². The molecule has 3 atom stereocenters. The van der Waals surface area contributed by atoms with Crippen LogP contribution < -0.4 is 9.96 Å². The van der Waals surface area contributed by atoms with Gasteiger partial charge in [0, 0.05) is 10.0 Å². The van der Waals surface area contributed by atoms with Crippen LogP contribution in [-0.2, 0) is 14.4 Å². The highest BCUT2D eigenvalue weighted by atomic mass is 35.5. The smallest absolute Gasteiger partial charge is 0.266 e. The van der Waals surface area contributed by atoms with Gasteiger partial charge >= 0.3 is 0 Å². The molecule has 0 bridgehead atoms. The van der Waals surface area contributed by atoms with Crippen molar-refractivity contribution in [2.24, 2.45) is 5.92 Å². The first-order valence-electron chi connectivity index (χ1n) is 9.87. The Labute approximate surface area is 189 Å². The van der Waals surface area contributed by atoms with Crippen LogP contribution in [0.4, 0.5) is 11.4 Å². The average Bonchev–Trinajstić information content (AvgIpc) is 3.28. The van der Waals surface area contributed by atoms with Gasteiger partial charge in [0.15, 0.2) is 6.10 Å². The average molecular weight is 453 g/mol. The zero-order chi connectivity index (χ0) is 21.7. The van der Waals surface area contributed by atoms with E-state index in [2.05, 4.69) is 0 Å². The van der Waals surface area contributed by atoms with E-state index in [9.17, 15) is 9.59 Å². The highest BCUT2D eigenvalue weighted by Gasteiger charge is 2.60. The normalized spacial score (nSPS) is 22.9. The lowest BCUT2D eigenvalue weighted by molar-refractivity contribution is -0.126. The number of hydroxylamine groups is 1. The second-order valence-electron chi connectivity index (χ2n) is 7.61. The lowest BCUT2D eigenvalue weighted by Gasteiger charge is -2.29. The molecule has 0 aliphatic carbocycles. The number of amides is 2. The molecule has 2 fully saturated rings. The van der Waals surface area contributed by atoms with Gasteiger partial charge in [0.1, 0.15) is 5.92 Å². The van der Waals surface area contributed by atoms with E-state index in [1.807, 2.05) is 42.5 Å². The van der Waals surface area contributed by atoms with E-state index in [0.717, 1.165) is 11.3 Å². The first kappa shape index (κ1) is 20.1. The van der Waals surface area contributed by atoms with Crippen molar-refractivity contribution >= 4 is 46.4 Å². The number of halogens is 2. The molecule has 7 heteroatoms. The molecule has 2 saturated heterocycles. The minimum Gasteiger partial charge on any atom is -0.273 e. The zero-order valence-electron chi connectivity index (χ0n) is 16.5. The summed E-state index contributed by atoms with van der Waals surface area (Å²) in [6, 6.07) is 21.4. The van der Waals surface area contributed by atoms with Crippen LogP contribution >= 0.6 is 23.2 Å². The lowest BCUT2D eigenvalue weighted by Crippen LogP contribution is -2.37. The van der Waals surface area contributed by atoms with Crippen LogP contribution in [0, 0.1) is 12.8 Å². The summed E-state index contributed by atoms with van der Waals surface area (Å²) in [5, 5.41) is 2.75. The number of nitrogens with zero attached hydrogens (tertiary/aromatic N) is 2. The number of imide groups is 1. The Hall–Kier alpha value is -2.86. The number of fused-ring (bicyclic) bond motifs is 1. The fourth-order valence-electron chi connectivity index (χ4n) is 4.29. The molecule has 2 aliphatic rings. The third-order valence-electron chi connectivity index (χ3n) is 5.82. The van der Waals surface area contributed by atoms with Crippen molar-refractivity contribution in [1.82, 2.24) is 0 Å². The Morgan fingerprint density at radius 2 is 1.55 bits per heavy atom. The van der Waals surface area contributed by atoms with Gasteiger partial charge in [-0.2, -0.15) is 0 Å². The molecule has 5 nitrogen and oxygen atoms in total. The predicted octanol–water partition coefficient (Wildman–Crippen LogP) is 5.35. The Balaban J connectivity index is 1.60. The molecule has 0 radical (unpaired) electrons. The van der Waals surface area contributed by atoms with E-state index in [0.29, 0.717) is 21.3 Å². The Bertz CT molecular complexity index is 1170. The molecule has 156 valence electrons. The molecule has 0 unspecified atom stereocenters. The summed E-state index contributed by atoms with van der Waals surface area (Å²) >= 11 is 12.3. The molecule has 2 aliphatic heterocycles. The highest BCUT2D eigenvalue weighted by Crippen LogP contribution is 2.48. The summed E-state index contributed by atoms with van der Waals surface area (Å²) in [6.45, 7) is 1.79. The van der Waals surface area contributed by atoms with Crippen LogP contribution in [0.15, 0.2) is 72.8 Å². The van der Waals surface area contributed by atoms with Crippen LogP contribution in [0.25, 0.3) is 0 Å². The third-order valence-corrected chi connectivity index (χ3v) is 6.48. The maximum absolute atomic E-state index is 13.6. The fourth-order valence-corrected chi connectivity index (χ4v) is 4.58. The zero-order valence-corrected chi connectivity index (χ0v) is 18.0. The Kier molecular flexibility index (Phi) is 4.97. The number of hydrogen-bond donors (Lipinski definition) is 0. The van der Waals surface area contributed by atoms with Crippen molar-refractivity contribution in [1.29, 1.82) is 0 Å². The van der Waals surface area contributed by atoms with Gasteiger partial charge < -0.3 is 0 Å². The van der Waals surface area contributed by atoms with Crippen LogP contribution in [0.1, 0.15) is 17.2 Å². The minimum absolute atomic E-state index is 0.307. The van der Waals surface area contributed by atoms with E-state index in [1.165, 1.54) is 4.90 Å². The molecule has 3 aromatic carbocycles. The van der Waals surface area contributed by atoms with Gasteiger partial charge in [-0.3, -0.25) is 14.4 Å². The van der Waals surface area contributed by atoms with Crippen molar-refractivity contribution in [3.8, 4) is 0 Å². The molecule has 31 heavy (non-hydrogen) atoms. The van der Waals surface area contributed by atoms with Crippen LogP contribution in [-0.4, -0.2) is 17.9 Å². The van der Waals surface area contributed by atoms with Crippen molar-refractivity contribution in [2.45, 2.75) is 19.1 Å². The molecule has 0 aromatic heterocycles. The van der Waals surface area contributed by atoms with Gasteiger partial charge in [-0.05, 0) is 54.4 Å². The predicted molar refractivity (Wildman–Crippen MR) is 120 cm³/mol. The molecule has 0 saturated carbocycles. The maximum atomic E-state index is 13.6. The summed E-state index contributed by atoms with van der Waals surface area (Å²) in [5.41, 5.74) is 2.77. The minimum atomic E-state index is -0.924. The van der Waals surface area contributed by atoms with Crippen LogP contribution in [0.2, 0.25) is 10.0 Å². The standard InChI is InChI=1S/C24H18Cl2N2O3/c1-14-18(26)8-5-9-19(14)27-23(29)20-21(15-10-12-16(25)13-11-15)28(31-22(20)24(27)30)17-6-3-2-4-7-17/h2-13,20-22H,1H3/t20-,21+,22+/m0/s1. The number of hydrogen-bond acceptors (Lipinski definition) is 4. The lowest BCUT2D eigenvalue weighted by atomic mass is 9.90. The van der Waals surface area contributed by atoms with Crippen molar-refractivity contribution in [3.05, 3.63) is 94.0 Å². The monoisotopic (exact) mass is 452 g/mol. The Morgan fingerprint density at radius 1 is 0.839 bits per heavy atom. The number of carbonyl (C=O) groups is 2. The SMILES string of the molecule is Cc1c(Cl)cccc1N1C(=O)[C@H]2[C@@H](c3ccc(Cl)cc3)N(c3ccccc3)O[C@H]2C1=O. The molecule has 5 rings (SSSR count). The first-order chi connectivity index (χ1) is 15.0. The number of anilines is 2. The van der Waals surface area contributed by atoms with E-state index < -0.39 is 24.0 Å². The molecular formula is C24H18Cl2N2O3. The van der Waals surface area contributed by atoms with E-state index in [-0.39, 0.29) is 5.91 Å². The Morgan fingerprint density at radius 3 is 2.26 bits per heavy atom. The van der Waals surface area contributed by atoms with Gasteiger partial charge in [0.05, 0.1) is 17.4 Å². The van der Waals surface area contributed by atoms with Crippen molar-refractivity contribution < 1.29 is 14.4 Å². The third kappa shape index (κ3) is 3.21. The second kappa shape index (κ2) is 7.68. The fraction of sp³-hybridized carbons (Fsp3) is 0.167. The summed E-state index contributed by atoms with van der Waals surface area (Å²) in [6.07, 6.45) is -0.924. The van der Waals surface area contributed by atoms with E-state index >= 15 is 0 Å². The molecule has 2 amide bonds. The number of carbonyl (C=O) groups excluding carboxylic acids is 2.